The van der Waals surface area contributed by atoms with E-state index in [1.165, 1.54) is 62.7 Å². The highest BCUT2D eigenvalue weighted by Crippen LogP contribution is 2.07. The summed E-state index contributed by atoms with van der Waals surface area (Å²) in [5.74, 6) is 0. The van der Waals surface area contributed by atoms with Crippen molar-refractivity contribution in [3.05, 3.63) is 29.6 Å². The van der Waals surface area contributed by atoms with Crippen molar-refractivity contribution < 1.29 is 4.57 Å². The lowest BCUT2D eigenvalue weighted by Gasteiger charge is -2.02. The molecule has 0 aliphatic heterocycles. The third kappa shape index (κ3) is 5.86. The summed E-state index contributed by atoms with van der Waals surface area (Å²) < 4.78 is 2.37. The summed E-state index contributed by atoms with van der Waals surface area (Å²) in [4.78, 5) is 0. The molecular weight excluding hydrogens is 206 g/mol. The molecule has 1 rings (SSSR count). The van der Waals surface area contributed by atoms with Crippen LogP contribution in [0.15, 0.2) is 18.3 Å². The molecule has 1 heteroatoms. The first-order valence-corrected chi connectivity index (χ1v) is 7.20. The third-order valence-corrected chi connectivity index (χ3v) is 3.41. The molecule has 1 aromatic rings. The van der Waals surface area contributed by atoms with Crippen LogP contribution in [0.4, 0.5) is 0 Å². The molecule has 0 aliphatic carbocycles. The van der Waals surface area contributed by atoms with Gasteiger partial charge in [0.05, 0.1) is 0 Å². The Hall–Kier alpha value is -0.850. The van der Waals surface area contributed by atoms with Crippen LogP contribution >= 0.6 is 0 Å². The van der Waals surface area contributed by atoms with Crippen LogP contribution in [-0.4, -0.2) is 0 Å². The predicted octanol–water partition coefficient (Wildman–Crippen LogP) is 4.34. The Balaban J connectivity index is 2.14. The molecule has 0 aliphatic rings. The minimum atomic E-state index is 1.18. The summed E-state index contributed by atoms with van der Waals surface area (Å²) in [6, 6.07) is 4.47. The maximum absolute atomic E-state index is 2.37. The number of nitrogens with zero attached hydrogens (tertiary/aromatic N) is 1. The zero-order valence-electron chi connectivity index (χ0n) is 11.8. The molecule has 0 saturated carbocycles. The van der Waals surface area contributed by atoms with Gasteiger partial charge in [-0.1, -0.05) is 39.0 Å². The molecule has 0 radical (unpaired) electrons. The van der Waals surface area contributed by atoms with Crippen LogP contribution in [0.5, 0.6) is 0 Å². The SMILES string of the molecule is CCCCCCCCC[n+]1ccc(C)cc1C. The molecule has 0 bridgehead atoms. The summed E-state index contributed by atoms with van der Waals surface area (Å²) in [5.41, 5.74) is 2.74. The van der Waals surface area contributed by atoms with Crippen molar-refractivity contribution in [2.24, 2.45) is 0 Å². The van der Waals surface area contributed by atoms with Gasteiger partial charge in [-0.25, -0.2) is 4.57 Å². The van der Waals surface area contributed by atoms with Crippen LogP contribution in [0.2, 0.25) is 0 Å². The van der Waals surface area contributed by atoms with Crippen LogP contribution in [0, 0.1) is 13.8 Å². The Morgan fingerprint density at radius 2 is 1.59 bits per heavy atom. The summed E-state index contributed by atoms with van der Waals surface area (Å²) in [5, 5.41) is 0. The van der Waals surface area contributed by atoms with E-state index in [4.69, 9.17) is 0 Å². The maximum Gasteiger partial charge on any atom is 0.178 e. The first-order valence-electron chi connectivity index (χ1n) is 7.20. The second-order valence-electron chi connectivity index (χ2n) is 5.16. The first kappa shape index (κ1) is 14.2. The third-order valence-electron chi connectivity index (χ3n) is 3.41. The molecule has 1 aromatic heterocycles. The fraction of sp³-hybridized carbons (Fsp3) is 0.688. The van der Waals surface area contributed by atoms with Crippen molar-refractivity contribution in [3.63, 3.8) is 0 Å². The van der Waals surface area contributed by atoms with E-state index in [0.29, 0.717) is 0 Å². The summed E-state index contributed by atoms with van der Waals surface area (Å²) in [7, 11) is 0. The van der Waals surface area contributed by atoms with Gasteiger partial charge < -0.3 is 0 Å². The van der Waals surface area contributed by atoms with E-state index in [0.717, 1.165) is 0 Å². The van der Waals surface area contributed by atoms with Gasteiger partial charge in [-0.3, -0.25) is 0 Å². The van der Waals surface area contributed by atoms with Crippen molar-refractivity contribution in [3.8, 4) is 0 Å². The minimum Gasteiger partial charge on any atom is -0.203 e. The van der Waals surface area contributed by atoms with E-state index < -0.39 is 0 Å². The molecule has 0 atom stereocenters. The van der Waals surface area contributed by atoms with Crippen LogP contribution in [-0.2, 0) is 6.54 Å². The lowest BCUT2D eigenvalue weighted by atomic mass is 10.1. The maximum atomic E-state index is 2.37. The van der Waals surface area contributed by atoms with Gasteiger partial charge in [-0.15, -0.1) is 0 Å². The molecular formula is C16H28N+. The number of pyridine rings is 1. The van der Waals surface area contributed by atoms with Crippen LogP contribution < -0.4 is 4.57 Å². The van der Waals surface area contributed by atoms with Gasteiger partial charge in [0.25, 0.3) is 0 Å². The van der Waals surface area contributed by atoms with Crippen LogP contribution in [0.25, 0.3) is 0 Å². The first-order chi connectivity index (χ1) is 8.24. The number of hydrogen-bond donors (Lipinski definition) is 0. The van der Waals surface area contributed by atoms with Crippen LogP contribution in [0.1, 0.15) is 63.1 Å². The summed E-state index contributed by atoms with van der Waals surface area (Å²) >= 11 is 0. The normalized spacial score (nSPS) is 10.8. The average molecular weight is 234 g/mol. The van der Waals surface area contributed by atoms with Crippen molar-refractivity contribution in [1.82, 2.24) is 0 Å². The molecule has 0 N–H and O–H groups in total. The molecule has 0 aromatic carbocycles. The van der Waals surface area contributed by atoms with E-state index >= 15 is 0 Å². The molecule has 17 heavy (non-hydrogen) atoms. The topological polar surface area (TPSA) is 3.88 Å². The number of rotatable bonds is 8. The van der Waals surface area contributed by atoms with E-state index in [2.05, 4.69) is 43.7 Å². The van der Waals surface area contributed by atoms with Gasteiger partial charge in [0.1, 0.15) is 6.54 Å². The highest BCUT2D eigenvalue weighted by Gasteiger charge is 2.04. The monoisotopic (exact) mass is 234 g/mol. The Morgan fingerprint density at radius 1 is 0.941 bits per heavy atom. The minimum absolute atomic E-state index is 1.18. The molecule has 0 amide bonds. The lowest BCUT2D eigenvalue weighted by molar-refractivity contribution is -0.703. The van der Waals surface area contributed by atoms with E-state index in [-0.39, 0.29) is 0 Å². The number of aromatic nitrogens is 1. The Labute approximate surface area is 107 Å². The average Bonchev–Trinajstić information content (AvgIpc) is 2.30. The molecule has 1 nitrogen and oxygen atoms in total. The molecule has 1 heterocycles. The molecule has 0 fully saturated rings. The molecule has 0 unspecified atom stereocenters. The van der Waals surface area contributed by atoms with Gasteiger partial charge in [0.2, 0.25) is 0 Å². The van der Waals surface area contributed by atoms with Crippen molar-refractivity contribution in [2.75, 3.05) is 0 Å². The second-order valence-corrected chi connectivity index (χ2v) is 5.16. The lowest BCUT2D eigenvalue weighted by Crippen LogP contribution is -2.36. The van der Waals surface area contributed by atoms with Gasteiger partial charge in [-0.05, 0) is 18.9 Å². The number of hydrogen-bond acceptors (Lipinski definition) is 0. The quantitative estimate of drug-likeness (QED) is 0.465. The van der Waals surface area contributed by atoms with Gasteiger partial charge in [-0.2, -0.15) is 0 Å². The zero-order valence-corrected chi connectivity index (χ0v) is 11.8. The van der Waals surface area contributed by atoms with Crippen LogP contribution in [0.3, 0.4) is 0 Å². The van der Waals surface area contributed by atoms with Gasteiger partial charge >= 0.3 is 0 Å². The van der Waals surface area contributed by atoms with E-state index in [1.54, 1.807) is 0 Å². The van der Waals surface area contributed by atoms with Gasteiger partial charge in [0, 0.05) is 25.5 Å². The Morgan fingerprint density at radius 3 is 2.24 bits per heavy atom. The number of unbranched alkanes of at least 4 members (excludes halogenated alkanes) is 6. The van der Waals surface area contributed by atoms with Crippen molar-refractivity contribution in [2.45, 2.75) is 72.3 Å². The van der Waals surface area contributed by atoms with Crippen molar-refractivity contribution >= 4 is 0 Å². The zero-order chi connectivity index (χ0) is 12.5. The summed E-state index contributed by atoms with van der Waals surface area (Å²) in [6.07, 6.45) is 11.9. The van der Waals surface area contributed by atoms with E-state index in [9.17, 15) is 0 Å². The molecule has 96 valence electrons. The van der Waals surface area contributed by atoms with Gasteiger partial charge in [0.15, 0.2) is 11.9 Å². The predicted molar refractivity (Wildman–Crippen MR) is 74.1 cm³/mol. The van der Waals surface area contributed by atoms with E-state index in [1.807, 2.05) is 0 Å². The number of aryl methyl sites for hydroxylation is 3. The Bertz CT molecular complexity index is 317. The standard InChI is InChI=1S/C16H28N/c1-4-5-6-7-8-9-10-12-17-13-11-15(2)14-16(17)3/h11,13-14H,4-10,12H2,1-3H3/q+1. The second kappa shape index (κ2) is 8.27. The molecule has 0 spiro atoms. The fourth-order valence-corrected chi connectivity index (χ4v) is 2.28. The highest BCUT2D eigenvalue weighted by atomic mass is 14.9. The largest absolute Gasteiger partial charge is 0.203 e. The Kier molecular flexibility index (Phi) is 6.91. The van der Waals surface area contributed by atoms with Crippen molar-refractivity contribution in [1.29, 1.82) is 0 Å². The summed E-state index contributed by atoms with van der Waals surface area (Å²) in [6.45, 7) is 7.82. The highest BCUT2D eigenvalue weighted by molar-refractivity contribution is 5.08. The molecule has 0 saturated heterocycles. The fourth-order valence-electron chi connectivity index (χ4n) is 2.28. The smallest absolute Gasteiger partial charge is 0.178 e.